The van der Waals surface area contributed by atoms with Gasteiger partial charge in [-0.05, 0) is 39.2 Å². The largest absolute Gasteiger partial charge is 0.336 e. The van der Waals surface area contributed by atoms with Gasteiger partial charge in [0.2, 0.25) is 0 Å². The normalized spacial score (nSPS) is 19.1. The molecule has 0 aromatic carbocycles. The van der Waals surface area contributed by atoms with Crippen LogP contribution in [0.25, 0.3) is 0 Å². The Morgan fingerprint density at radius 3 is 2.86 bits per heavy atom. The van der Waals surface area contributed by atoms with Crippen LogP contribution in [0.15, 0.2) is 12.3 Å². The highest BCUT2D eigenvalue weighted by atomic mass is 16.2. The number of hydrogen-bond acceptors (Lipinski definition) is 3. The first-order valence-corrected chi connectivity index (χ1v) is 8.29. The monoisotopic (exact) mass is 307 g/mol. The van der Waals surface area contributed by atoms with Crippen molar-refractivity contribution in [2.75, 3.05) is 25.0 Å². The lowest BCUT2D eigenvalue weighted by molar-refractivity contribution is 0.217. The van der Waals surface area contributed by atoms with Gasteiger partial charge in [0, 0.05) is 31.2 Å². The summed E-state index contributed by atoms with van der Waals surface area (Å²) in [5.41, 5.74) is 0. The maximum absolute atomic E-state index is 12.1. The number of rotatable bonds is 6. The SMILES string of the molecule is CC(C)CN1CCC[C@@H]1CNC(=O)Nc1ccnn1C(C)C. The van der Waals surface area contributed by atoms with Gasteiger partial charge in [0.25, 0.3) is 0 Å². The van der Waals surface area contributed by atoms with Crippen molar-refractivity contribution in [3.05, 3.63) is 12.3 Å². The molecular formula is C16H29N5O. The second-order valence-electron chi connectivity index (χ2n) is 6.77. The number of amides is 2. The molecule has 1 atom stereocenters. The highest BCUT2D eigenvalue weighted by Gasteiger charge is 2.25. The van der Waals surface area contributed by atoms with E-state index < -0.39 is 0 Å². The molecule has 1 aromatic heterocycles. The van der Waals surface area contributed by atoms with Crippen LogP contribution in [0.4, 0.5) is 10.6 Å². The number of aromatic nitrogens is 2. The number of urea groups is 1. The number of anilines is 1. The van der Waals surface area contributed by atoms with Gasteiger partial charge in [-0.1, -0.05) is 13.8 Å². The van der Waals surface area contributed by atoms with Gasteiger partial charge in [-0.2, -0.15) is 5.10 Å². The summed E-state index contributed by atoms with van der Waals surface area (Å²) in [4.78, 5) is 14.6. The number of carbonyl (C=O) groups is 1. The van der Waals surface area contributed by atoms with E-state index in [1.54, 1.807) is 10.9 Å². The molecule has 6 nitrogen and oxygen atoms in total. The Kier molecular flexibility index (Phi) is 5.83. The second-order valence-corrected chi connectivity index (χ2v) is 6.77. The molecule has 1 aliphatic rings. The highest BCUT2D eigenvalue weighted by molar-refractivity contribution is 5.88. The summed E-state index contributed by atoms with van der Waals surface area (Å²) in [6.45, 7) is 11.5. The zero-order valence-corrected chi connectivity index (χ0v) is 14.2. The van der Waals surface area contributed by atoms with Crippen LogP contribution >= 0.6 is 0 Å². The van der Waals surface area contributed by atoms with Crippen LogP contribution in [0.2, 0.25) is 0 Å². The molecule has 2 N–H and O–H groups in total. The lowest BCUT2D eigenvalue weighted by Crippen LogP contribution is -2.43. The Labute approximate surface area is 133 Å². The van der Waals surface area contributed by atoms with Crippen molar-refractivity contribution in [1.29, 1.82) is 0 Å². The Morgan fingerprint density at radius 1 is 1.41 bits per heavy atom. The van der Waals surface area contributed by atoms with E-state index in [1.807, 2.05) is 19.9 Å². The Balaban J connectivity index is 1.81. The van der Waals surface area contributed by atoms with Crippen molar-refractivity contribution in [2.24, 2.45) is 5.92 Å². The zero-order valence-electron chi connectivity index (χ0n) is 14.2. The van der Waals surface area contributed by atoms with Gasteiger partial charge in [-0.15, -0.1) is 0 Å². The predicted octanol–water partition coefficient (Wildman–Crippen LogP) is 2.71. The van der Waals surface area contributed by atoms with Gasteiger partial charge in [0.05, 0.1) is 6.20 Å². The van der Waals surface area contributed by atoms with E-state index in [2.05, 4.69) is 34.5 Å². The summed E-state index contributed by atoms with van der Waals surface area (Å²) >= 11 is 0. The lowest BCUT2D eigenvalue weighted by Gasteiger charge is -2.26. The van der Waals surface area contributed by atoms with Gasteiger partial charge in [0.15, 0.2) is 0 Å². The lowest BCUT2D eigenvalue weighted by atomic mass is 10.1. The van der Waals surface area contributed by atoms with Crippen LogP contribution in [0, 0.1) is 5.92 Å². The molecule has 2 heterocycles. The van der Waals surface area contributed by atoms with Crippen molar-refractivity contribution in [2.45, 2.75) is 52.6 Å². The van der Waals surface area contributed by atoms with E-state index in [0.717, 1.165) is 25.3 Å². The molecule has 0 aliphatic carbocycles. The minimum absolute atomic E-state index is 0.154. The molecule has 22 heavy (non-hydrogen) atoms. The van der Waals surface area contributed by atoms with E-state index in [-0.39, 0.29) is 12.1 Å². The molecule has 2 rings (SSSR count). The summed E-state index contributed by atoms with van der Waals surface area (Å²) in [5, 5.41) is 10.1. The van der Waals surface area contributed by atoms with Crippen molar-refractivity contribution < 1.29 is 4.79 Å². The van der Waals surface area contributed by atoms with Gasteiger partial charge in [0.1, 0.15) is 5.82 Å². The minimum Gasteiger partial charge on any atom is -0.336 e. The summed E-state index contributed by atoms with van der Waals surface area (Å²) in [6, 6.07) is 2.35. The smallest absolute Gasteiger partial charge is 0.320 e. The molecule has 0 spiro atoms. The maximum Gasteiger partial charge on any atom is 0.320 e. The second kappa shape index (κ2) is 7.63. The average molecular weight is 307 g/mol. The van der Waals surface area contributed by atoms with E-state index in [9.17, 15) is 4.79 Å². The topological polar surface area (TPSA) is 62.2 Å². The number of hydrogen-bond donors (Lipinski definition) is 2. The summed E-state index contributed by atoms with van der Waals surface area (Å²) < 4.78 is 1.81. The number of nitrogens with one attached hydrogen (secondary N) is 2. The van der Waals surface area contributed by atoms with Crippen LogP contribution in [0.1, 0.15) is 46.6 Å². The molecule has 0 radical (unpaired) electrons. The van der Waals surface area contributed by atoms with E-state index in [4.69, 9.17) is 0 Å². The first kappa shape index (κ1) is 16.8. The van der Waals surface area contributed by atoms with Crippen LogP contribution in [-0.2, 0) is 0 Å². The fourth-order valence-corrected chi connectivity index (χ4v) is 3.03. The van der Waals surface area contributed by atoms with E-state index >= 15 is 0 Å². The highest BCUT2D eigenvalue weighted by Crippen LogP contribution is 2.18. The van der Waals surface area contributed by atoms with Gasteiger partial charge in [-0.25, -0.2) is 9.48 Å². The van der Waals surface area contributed by atoms with E-state index in [1.165, 1.54) is 6.42 Å². The molecular weight excluding hydrogens is 278 g/mol. The summed E-state index contributed by atoms with van der Waals surface area (Å²) in [7, 11) is 0. The molecule has 1 aliphatic heterocycles. The first-order chi connectivity index (χ1) is 10.5. The molecule has 0 saturated carbocycles. The molecule has 0 bridgehead atoms. The standard InChI is InChI=1S/C16H29N5O/c1-12(2)11-20-9-5-6-14(20)10-17-16(22)19-15-7-8-18-21(15)13(3)4/h7-8,12-14H,5-6,9-11H2,1-4H3,(H2,17,19,22)/t14-/m1/s1. The minimum atomic E-state index is -0.154. The number of carbonyl (C=O) groups excluding carboxylic acids is 1. The third-order valence-electron chi connectivity index (χ3n) is 4.00. The van der Waals surface area contributed by atoms with Crippen molar-refractivity contribution in [3.8, 4) is 0 Å². The molecule has 1 saturated heterocycles. The van der Waals surface area contributed by atoms with Crippen LogP contribution < -0.4 is 10.6 Å². The molecule has 1 fully saturated rings. The van der Waals surface area contributed by atoms with Gasteiger partial charge < -0.3 is 5.32 Å². The van der Waals surface area contributed by atoms with Gasteiger partial charge >= 0.3 is 6.03 Å². The quantitative estimate of drug-likeness (QED) is 0.849. The van der Waals surface area contributed by atoms with Crippen molar-refractivity contribution >= 4 is 11.8 Å². The fourth-order valence-electron chi connectivity index (χ4n) is 3.03. The Hall–Kier alpha value is -1.56. The van der Waals surface area contributed by atoms with Crippen LogP contribution in [-0.4, -0.2) is 46.4 Å². The molecule has 0 unspecified atom stereocenters. The summed E-state index contributed by atoms with van der Waals surface area (Å²) in [5.74, 6) is 1.40. The van der Waals surface area contributed by atoms with Crippen LogP contribution in [0.3, 0.4) is 0 Å². The zero-order chi connectivity index (χ0) is 16.1. The first-order valence-electron chi connectivity index (χ1n) is 8.29. The Morgan fingerprint density at radius 2 is 2.18 bits per heavy atom. The molecule has 2 amide bonds. The average Bonchev–Trinajstić information content (AvgIpc) is 3.05. The third-order valence-corrected chi connectivity index (χ3v) is 4.00. The molecule has 6 heteroatoms. The van der Waals surface area contributed by atoms with Crippen LogP contribution in [0.5, 0.6) is 0 Å². The Bertz CT molecular complexity index is 483. The predicted molar refractivity (Wildman–Crippen MR) is 89.1 cm³/mol. The fraction of sp³-hybridized carbons (Fsp3) is 0.750. The van der Waals surface area contributed by atoms with E-state index in [0.29, 0.717) is 18.5 Å². The maximum atomic E-state index is 12.1. The van der Waals surface area contributed by atoms with Gasteiger partial charge in [-0.3, -0.25) is 10.2 Å². The molecule has 124 valence electrons. The third kappa shape index (κ3) is 4.47. The molecule has 1 aromatic rings. The number of likely N-dealkylation sites (tertiary alicyclic amines) is 1. The van der Waals surface area contributed by atoms with Crippen molar-refractivity contribution in [3.63, 3.8) is 0 Å². The van der Waals surface area contributed by atoms with Crippen molar-refractivity contribution in [1.82, 2.24) is 20.0 Å². The summed E-state index contributed by atoms with van der Waals surface area (Å²) in [6.07, 6.45) is 4.09. The number of nitrogens with zero attached hydrogens (tertiary/aromatic N) is 3.